The second-order valence-corrected chi connectivity index (χ2v) is 9.91. The van der Waals surface area contributed by atoms with E-state index in [1.165, 1.54) is 22.7 Å². The quantitative estimate of drug-likeness (QED) is 0.673. The number of benzene rings is 1. The molecule has 0 saturated carbocycles. The van der Waals surface area contributed by atoms with Gasteiger partial charge < -0.3 is 14.3 Å². The predicted octanol–water partition coefficient (Wildman–Crippen LogP) is 2.50. The van der Waals surface area contributed by atoms with Crippen LogP contribution in [0.5, 0.6) is 0 Å². The van der Waals surface area contributed by atoms with Crippen LogP contribution in [0.15, 0.2) is 75.0 Å². The number of carbonyl (C=O) groups is 1. The Morgan fingerprint density at radius 2 is 1.81 bits per heavy atom. The lowest BCUT2D eigenvalue weighted by Gasteiger charge is -2.42. The topological polar surface area (TPSA) is 102 Å². The lowest BCUT2D eigenvalue weighted by Crippen LogP contribution is -2.48. The Morgan fingerprint density at radius 1 is 1.00 bits per heavy atom. The maximum atomic E-state index is 13.3. The van der Waals surface area contributed by atoms with Crippen LogP contribution in [-0.4, -0.2) is 36.3 Å². The summed E-state index contributed by atoms with van der Waals surface area (Å²) in [6.45, 7) is 1.27. The molecule has 2 aliphatic rings. The molecule has 160 valence electrons. The summed E-state index contributed by atoms with van der Waals surface area (Å²) in [6, 6.07) is 14.5. The summed E-state index contributed by atoms with van der Waals surface area (Å²) in [5.41, 5.74) is 1.35. The van der Waals surface area contributed by atoms with Gasteiger partial charge in [0.1, 0.15) is 0 Å². The van der Waals surface area contributed by atoms with Crippen LogP contribution in [0.25, 0.3) is 0 Å². The lowest BCUT2D eigenvalue weighted by atomic mass is 9.84. The molecular formula is C22H21N3O5S. The van der Waals surface area contributed by atoms with E-state index in [-0.39, 0.29) is 28.1 Å². The van der Waals surface area contributed by atoms with E-state index in [4.69, 9.17) is 4.42 Å². The molecule has 0 spiro atoms. The minimum Gasteiger partial charge on any atom is -0.459 e. The molecule has 1 aromatic carbocycles. The molecule has 1 saturated heterocycles. The highest BCUT2D eigenvalue weighted by Gasteiger charge is 2.39. The van der Waals surface area contributed by atoms with Crippen molar-refractivity contribution in [3.8, 4) is 0 Å². The van der Waals surface area contributed by atoms with Crippen molar-refractivity contribution in [2.24, 2.45) is 5.92 Å². The highest BCUT2D eigenvalue weighted by atomic mass is 32.2. The number of pyridine rings is 1. The number of nitrogens with one attached hydrogen (secondary N) is 1. The molecule has 8 nitrogen and oxygen atoms in total. The first kappa shape index (κ1) is 19.8. The zero-order chi connectivity index (χ0) is 21.6. The summed E-state index contributed by atoms with van der Waals surface area (Å²) in [7, 11) is -3.69. The van der Waals surface area contributed by atoms with E-state index in [9.17, 15) is 18.0 Å². The lowest BCUT2D eigenvalue weighted by molar-refractivity contribution is 0.0996. The van der Waals surface area contributed by atoms with Crippen LogP contribution in [0, 0.1) is 5.92 Å². The fourth-order valence-corrected chi connectivity index (χ4v) is 6.07. The van der Waals surface area contributed by atoms with Crippen molar-refractivity contribution < 1.29 is 17.6 Å². The molecule has 1 N–H and O–H groups in total. The molecule has 4 heterocycles. The summed E-state index contributed by atoms with van der Waals surface area (Å²) >= 11 is 0. The summed E-state index contributed by atoms with van der Waals surface area (Å²) in [6.07, 6.45) is 2.29. The molecule has 2 bridgehead atoms. The number of fused-ring (bicyclic) bond motifs is 4. The monoisotopic (exact) mass is 439 g/mol. The molecule has 0 aliphatic carbocycles. The van der Waals surface area contributed by atoms with Gasteiger partial charge in [-0.1, -0.05) is 6.07 Å². The number of carbonyl (C=O) groups excluding carboxylic acids is 1. The maximum Gasteiger partial charge on any atom is 0.291 e. The van der Waals surface area contributed by atoms with Gasteiger partial charge in [0.25, 0.3) is 11.5 Å². The largest absolute Gasteiger partial charge is 0.459 e. The van der Waals surface area contributed by atoms with Gasteiger partial charge in [-0.2, -0.15) is 4.31 Å². The van der Waals surface area contributed by atoms with Gasteiger partial charge in [0.2, 0.25) is 10.0 Å². The zero-order valence-corrected chi connectivity index (χ0v) is 17.4. The first-order valence-corrected chi connectivity index (χ1v) is 11.5. The third-order valence-corrected chi connectivity index (χ3v) is 7.79. The average molecular weight is 439 g/mol. The van der Waals surface area contributed by atoms with Crippen molar-refractivity contribution in [1.82, 2.24) is 8.87 Å². The molecule has 2 aliphatic heterocycles. The van der Waals surface area contributed by atoms with Crippen LogP contribution in [0.1, 0.15) is 28.6 Å². The Balaban J connectivity index is 1.35. The molecule has 3 aromatic rings. The summed E-state index contributed by atoms with van der Waals surface area (Å²) < 4.78 is 34.9. The van der Waals surface area contributed by atoms with Gasteiger partial charge in [0, 0.05) is 43.0 Å². The van der Waals surface area contributed by atoms with E-state index < -0.39 is 15.9 Å². The van der Waals surface area contributed by atoms with E-state index in [0.717, 1.165) is 12.1 Å². The average Bonchev–Trinajstić information content (AvgIpc) is 3.30. The normalized spacial score (nSPS) is 20.8. The highest BCUT2D eigenvalue weighted by Crippen LogP contribution is 2.37. The third-order valence-electron chi connectivity index (χ3n) is 5.94. The molecule has 0 radical (unpaired) electrons. The standard InChI is InChI=1S/C22H21N3O5S/c26-21-5-1-3-19-16-11-15(13-25(19)21)12-24(14-16)31(28,29)18-8-6-17(7-9-18)23-22(27)20-4-2-10-30-20/h1-10,15-16H,11-14H2,(H,23,27)/t15-,16+/m1/s1. The molecule has 9 heteroatoms. The smallest absolute Gasteiger partial charge is 0.291 e. The number of furan rings is 1. The Labute approximate surface area is 179 Å². The predicted molar refractivity (Wildman–Crippen MR) is 113 cm³/mol. The molecule has 2 aromatic heterocycles. The highest BCUT2D eigenvalue weighted by molar-refractivity contribution is 7.89. The molecule has 1 fully saturated rings. The molecule has 0 unspecified atom stereocenters. The van der Waals surface area contributed by atoms with E-state index in [1.54, 1.807) is 41.0 Å². The first-order valence-electron chi connectivity index (χ1n) is 10.1. The second kappa shape index (κ2) is 7.51. The number of nitrogens with zero attached hydrogens (tertiary/aromatic N) is 2. The third kappa shape index (κ3) is 3.60. The van der Waals surface area contributed by atoms with Crippen LogP contribution in [0.3, 0.4) is 0 Å². The summed E-state index contributed by atoms with van der Waals surface area (Å²) in [5.74, 6) is -0.120. The second-order valence-electron chi connectivity index (χ2n) is 7.98. The Kier molecular flexibility index (Phi) is 4.79. The van der Waals surface area contributed by atoms with Crippen LogP contribution in [0.2, 0.25) is 0 Å². The number of hydrogen-bond donors (Lipinski definition) is 1. The number of piperidine rings is 1. The van der Waals surface area contributed by atoms with E-state index in [2.05, 4.69) is 5.32 Å². The summed E-state index contributed by atoms with van der Waals surface area (Å²) in [5, 5.41) is 2.68. The number of amides is 1. The molecule has 31 heavy (non-hydrogen) atoms. The molecule has 5 rings (SSSR count). The van der Waals surface area contributed by atoms with Crippen LogP contribution >= 0.6 is 0 Å². The van der Waals surface area contributed by atoms with Crippen LogP contribution < -0.4 is 10.9 Å². The number of aromatic nitrogens is 1. The number of anilines is 1. The zero-order valence-electron chi connectivity index (χ0n) is 16.6. The number of hydrogen-bond acceptors (Lipinski definition) is 5. The van der Waals surface area contributed by atoms with Gasteiger partial charge in [-0.3, -0.25) is 9.59 Å². The molecule has 1 amide bonds. The minimum absolute atomic E-state index is 0.00281. The van der Waals surface area contributed by atoms with Crippen molar-refractivity contribution in [2.45, 2.75) is 23.8 Å². The van der Waals surface area contributed by atoms with Gasteiger partial charge in [0.15, 0.2) is 5.76 Å². The first-order chi connectivity index (χ1) is 14.9. The Hall–Kier alpha value is -3.17. The van der Waals surface area contributed by atoms with Gasteiger partial charge in [-0.05, 0) is 54.8 Å². The van der Waals surface area contributed by atoms with Crippen molar-refractivity contribution >= 4 is 21.6 Å². The van der Waals surface area contributed by atoms with Crippen molar-refractivity contribution in [1.29, 1.82) is 0 Å². The molecular weight excluding hydrogens is 418 g/mol. The van der Waals surface area contributed by atoms with E-state index in [0.29, 0.717) is 25.3 Å². The van der Waals surface area contributed by atoms with E-state index in [1.807, 2.05) is 6.07 Å². The SMILES string of the molecule is O=C(Nc1ccc(S(=O)(=O)N2C[C@H]3C[C@@H](C2)c2cccc(=O)n2C3)cc1)c1ccco1. The summed E-state index contributed by atoms with van der Waals surface area (Å²) in [4.78, 5) is 24.4. The van der Waals surface area contributed by atoms with Gasteiger partial charge >= 0.3 is 0 Å². The van der Waals surface area contributed by atoms with Gasteiger partial charge in [-0.15, -0.1) is 0 Å². The number of sulfonamides is 1. The van der Waals surface area contributed by atoms with Crippen molar-refractivity contribution in [2.75, 3.05) is 18.4 Å². The van der Waals surface area contributed by atoms with Crippen molar-refractivity contribution in [3.63, 3.8) is 0 Å². The Morgan fingerprint density at radius 3 is 2.55 bits per heavy atom. The fourth-order valence-electron chi connectivity index (χ4n) is 4.51. The van der Waals surface area contributed by atoms with Crippen LogP contribution in [-0.2, 0) is 16.6 Å². The number of rotatable bonds is 4. The van der Waals surface area contributed by atoms with Crippen LogP contribution in [0.4, 0.5) is 5.69 Å². The molecule has 2 atom stereocenters. The maximum absolute atomic E-state index is 13.3. The Bertz CT molecular complexity index is 1280. The van der Waals surface area contributed by atoms with Gasteiger partial charge in [-0.25, -0.2) is 8.42 Å². The fraction of sp³-hybridized carbons (Fsp3) is 0.273. The van der Waals surface area contributed by atoms with Gasteiger partial charge in [0.05, 0.1) is 11.2 Å². The van der Waals surface area contributed by atoms with E-state index >= 15 is 0 Å². The minimum atomic E-state index is -3.69. The van der Waals surface area contributed by atoms with Crippen molar-refractivity contribution in [3.05, 3.63) is 82.7 Å².